The summed E-state index contributed by atoms with van der Waals surface area (Å²) in [4.78, 5) is 27.9. The highest BCUT2D eigenvalue weighted by Gasteiger charge is 2.35. The van der Waals surface area contributed by atoms with E-state index in [1.165, 1.54) is 15.1 Å². The van der Waals surface area contributed by atoms with Gasteiger partial charge in [0.1, 0.15) is 0 Å². The molecule has 0 aliphatic carbocycles. The van der Waals surface area contributed by atoms with Crippen molar-refractivity contribution in [3.8, 4) is 0 Å². The molecule has 1 aliphatic rings. The second kappa shape index (κ2) is 9.31. The van der Waals surface area contributed by atoms with E-state index in [4.69, 9.17) is 0 Å². The number of aromatic nitrogens is 1. The van der Waals surface area contributed by atoms with Crippen molar-refractivity contribution in [2.75, 3.05) is 0 Å². The Hall–Kier alpha value is -4.14. The number of carbonyl (C=O) groups excluding carboxylic acids is 2. The van der Waals surface area contributed by atoms with Crippen molar-refractivity contribution in [3.63, 3.8) is 0 Å². The lowest BCUT2D eigenvalue weighted by atomic mass is 10.0. The number of fused-ring (bicyclic) bond motifs is 2. The molecule has 0 N–H and O–H groups in total. The highest BCUT2D eigenvalue weighted by atomic mass is 32.2. The Morgan fingerprint density at radius 1 is 0.816 bits per heavy atom. The first-order valence-electron chi connectivity index (χ1n) is 12.0. The van der Waals surface area contributed by atoms with Crippen molar-refractivity contribution in [3.05, 3.63) is 119 Å². The number of nitrogens with zero attached hydrogens (tertiary/aromatic N) is 2. The van der Waals surface area contributed by atoms with Crippen LogP contribution in [0, 0.1) is 6.92 Å². The molecule has 6 nitrogen and oxygen atoms in total. The van der Waals surface area contributed by atoms with Crippen LogP contribution in [-0.4, -0.2) is 28.4 Å². The molecule has 1 saturated heterocycles. The molecule has 0 saturated carbocycles. The third-order valence-electron chi connectivity index (χ3n) is 6.66. The maximum atomic E-state index is 13.5. The smallest absolute Gasteiger partial charge is 0.268 e. The molecule has 2 amide bonds. The normalized spacial score (nSPS) is 15.3. The summed E-state index contributed by atoms with van der Waals surface area (Å²) in [6, 6.07) is 27.5. The summed E-state index contributed by atoms with van der Waals surface area (Å²) >= 11 is 0.864. The minimum absolute atomic E-state index is 0.160. The van der Waals surface area contributed by atoms with Gasteiger partial charge in [0.05, 0.1) is 21.9 Å². The number of hydrogen-bond acceptors (Lipinski definition) is 5. The van der Waals surface area contributed by atoms with Gasteiger partial charge in [0.15, 0.2) is 0 Å². The highest BCUT2D eigenvalue weighted by molar-refractivity contribution is 8.18. The Morgan fingerprint density at radius 2 is 1.50 bits per heavy atom. The Labute approximate surface area is 224 Å². The zero-order valence-electron chi connectivity index (χ0n) is 20.4. The summed E-state index contributed by atoms with van der Waals surface area (Å²) in [6.45, 7) is 2.06. The summed E-state index contributed by atoms with van der Waals surface area (Å²) < 4.78 is 28.2. The largest absolute Gasteiger partial charge is 0.293 e. The molecule has 0 radical (unpaired) electrons. The van der Waals surface area contributed by atoms with E-state index >= 15 is 0 Å². The molecule has 38 heavy (non-hydrogen) atoms. The van der Waals surface area contributed by atoms with Gasteiger partial charge in [-0.25, -0.2) is 12.4 Å². The molecule has 0 bridgehead atoms. The highest BCUT2D eigenvalue weighted by Crippen LogP contribution is 2.36. The molecule has 0 unspecified atom stereocenters. The second-order valence-corrected chi connectivity index (χ2v) is 11.9. The molecule has 6 rings (SSSR count). The molecular formula is C30H22N2O4S2. The van der Waals surface area contributed by atoms with Gasteiger partial charge in [0, 0.05) is 17.1 Å². The molecular weight excluding hydrogens is 516 g/mol. The van der Waals surface area contributed by atoms with Crippen LogP contribution in [0.5, 0.6) is 0 Å². The van der Waals surface area contributed by atoms with Crippen LogP contribution in [-0.2, 0) is 21.4 Å². The first-order valence-corrected chi connectivity index (χ1v) is 14.2. The molecule has 0 atom stereocenters. The maximum Gasteiger partial charge on any atom is 0.293 e. The lowest BCUT2D eigenvalue weighted by Crippen LogP contribution is -2.27. The van der Waals surface area contributed by atoms with Gasteiger partial charge in [-0.1, -0.05) is 78.4 Å². The number of hydrogen-bond donors (Lipinski definition) is 0. The standard InChI is InChI=1S/C30H22N2O4S2/c1-20-13-15-24(16-14-20)38(35,36)32-19-23(26-11-4-5-12-27(26)32)17-28-29(33)31(30(34)37-28)18-22-9-6-8-21-7-2-3-10-25(21)22/h2-17,19H,18H2,1H3/b28-17-. The van der Waals surface area contributed by atoms with E-state index in [-0.39, 0.29) is 21.6 Å². The zero-order valence-corrected chi connectivity index (χ0v) is 22.0. The number of rotatable bonds is 5. The molecule has 1 aliphatic heterocycles. The Morgan fingerprint density at radius 3 is 2.29 bits per heavy atom. The van der Waals surface area contributed by atoms with Crippen LogP contribution in [0.15, 0.2) is 107 Å². The van der Waals surface area contributed by atoms with Crippen molar-refractivity contribution >= 4 is 60.7 Å². The van der Waals surface area contributed by atoms with Gasteiger partial charge in [-0.15, -0.1) is 0 Å². The zero-order chi connectivity index (χ0) is 26.4. The Kier molecular flexibility index (Phi) is 5.93. The number of para-hydroxylation sites is 1. The van der Waals surface area contributed by atoms with Crippen LogP contribution in [0.3, 0.4) is 0 Å². The minimum atomic E-state index is -3.87. The average molecular weight is 539 g/mol. The van der Waals surface area contributed by atoms with Gasteiger partial charge in [0.25, 0.3) is 21.2 Å². The number of carbonyl (C=O) groups is 2. The van der Waals surface area contributed by atoms with Crippen LogP contribution in [0.1, 0.15) is 16.7 Å². The predicted octanol–water partition coefficient (Wildman–Crippen LogP) is 6.58. The minimum Gasteiger partial charge on any atom is -0.268 e. The maximum absolute atomic E-state index is 13.5. The van der Waals surface area contributed by atoms with Gasteiger partial charge in [-0.2, -0.15) is 0 Å². The molecule has 1 fully saturated rings. The van der Waals surface area contributed by atoms with Gasteiger partial charge in [-0.3, -0.25) is 14.5 Å². The Bertz CT molecular complexity index is 1880. The van der Waals surface area contributed by atoms with Gasteiger partial charge in [-0.05, 0) is 59.3 Å². The van der Waals surface area contributed by atoms with E-state index in [9.17, 15) is 18.0 Å². The summed E-state index contributed by atoms with van der Waals surface area (Å²) in [5.41, 5.74) is 2.88. The van der Waals surface area contributed by atoms with Crippen molar-refractivity contribution in [2.45, 2.75) is 18.4 Å². The molecule has 0 spiro atoms. The van der Waals surface area contributed by atoms with E-state index in [2.05, 4.69) is 0 Å². The third-order valence-corrected chi connectivity index (χ3v) is 9.25. The monoisotopic (exact) mass is 538 g/mol. The van der Waals surface area contributed by atoms with Crippen LogP contribution in [0.4, 0.5) is 4.79 Å². The summed E-state index contributed by atoms with van der Waals surface area (Å²) in [5.74, 6) is -0.397. The number of aryl methyl sites for hydroxylation is 1. The van der Waals surface area contributed by atoms with Crippen molar-refractivity contribution in [2.24, 2.45) is 0 Å². The summed E-state index contributed by atoms with van der Waals surface area (Å²) in [7, 11) is -3.87. The van der Waals surface area contributed by atoms with Gasteiger partial charge in [0.2, 0.25) is 0 Å². The number of imide groups is 1. The van der Waals surface area contributed by atoms with E-state index in [1.807, 2.05) is 61.5 Å². The van der Waals surface area contributed by atoms with Crippen LogP contribution >= 0.6 is 11.8 Å². The quantitative estimate of drug-likeness (QED) is 0.236. The molecule has 5 aromatic rings. The third kappa shape index (κ3) is 4.12. The molecule has 4 aromatic carbocycles. The SMILES string of the molecule is Cc1ccc(S(=O)(=O)n2cc(/C=C3\SC(=O)N(Cc4cccc5ccccc45)C3=O)c3ccccc32)cc1. The number of thioether (sulfide) groups is 1. The topological polar surface area (TPSA) is 76.5 Å². The lowest BCUT2D eigenvalue weighted by Gasteiger charge is -2.14. The molecule has 188 valence electrons. The van der Waals surface area contributed by atoms with E-state index in [0.717, 1.165) is 33.7 Å². The van der Waals surface area contributed by atoms with E-state index in [0.29, 0.717) is 16.5 Å². The average Bonchev–Trinajstić information content (AvgIpc) is 3.42. The van der Waals surface area contributed by atoms with Crippen molar-refractivity contribution < 1.29 is 18.0 Å². The summed E-state index contributed by atoms with van der Waals surface area (Å²) in [6.07, 6.45) is 3.12. The predicted molar refractivity (Wildman–Crippen MR) is 151 cm³/mol. The van der Waals surface area contributed by atoms with Gasteiger partial charge >= 0.3 is 0 Å². The second-order valence-electron chi connectivity index (χ2n) is 9.12. The fourth-order valence-electron chi connectivity index (χ4n) is 4.69. The van der Waals surface area contributed by atoms with Crippen molar-refractivity contribution in [1.29, 1.82) is 0 Å². The fourth-order valence-corrected chi connectivity index (χ4v) is 6.90. The van der Waals surface area contributed by atoms with Crippen LogP contribution in [0.2, 0.25) is 0 Å². The van der Waals surface area contributed by atoms with E-state index in [1.54, 1.807) is 42.5 Å². The van der Waals surface area contributed by atoms with Gasteiger partial charge < -0.3 is 0 Å². The number of amides is 2. The summed E-state index contributed by atoms with van der Waals surface area (Å²) in [5, 5.41) is 2.34. The molecule has 8 heteroatoms. The van der Waals surface area contributed by atoms with Crippen LogP contribution < -0.4 is 0 Å². The first-order chi connectivity index (χ1) is 18.3. The van der Waals surface area contributed by atoms with E-state index < -0.39 is 15.9 Å². The lowest BCUT2D eigenvalue weighted by molar-refractivity contribution is -0.123. The first kappa shape index (κ1) is 24.2. The fraction of sp³-hybridized carbons (Fsp3) is 0.0667. The Balaban J connectivity index is 1.38. The van der Waals surface area contributed by atoms with Crippen LogP contribution in [0.25, 0.3) is 27.8 Å². The molecule has 1 aromatic heterocycles. The van der Waals surface area contributed by atoms with Crippen molar-refractivity contribution in [1.82, 2.24) is 8.87 Å². The molecule has 2 heterocycles. The number of benzene rings is 4.